The van der Waals surface area contributed by atoms with Gasteiger partial charge < -0.3 is 29.0 Å². The van der Waals surface area contributed by atoms with E-state index in [-0.39, 0.29) is 23.7 Å². The number of carbonyl (C=O) groups excluding carboxylic acids is 2. The van der Waals surface area contributed by atoms with Crippen LogP contribution in [0.15, 0.2) is 59.9 Å². The van der Waals surface area contributed by atoms with E-state index < -0.39 is 5.78 Å². The van der Waals surface area contributed by atoms with Crippen molar-refractivity contribution in [1.82, 2.24) is 4.90 Å². The van der Waals surface area contributed by atoms with Crippen molar-refractivity contribution in [3.8, 4) is 23.0 Å². The molecule has 0 fully saturated rings. The van der Waals surface area contributed by atoms with Gasteiger partial charge in [0.05, 0.1) is 40.4 Å². The Labute approximate surface area is 218 Å². The van der Waals surface area contributed by atoms with E-state index in [1.54, 1.807) is 67.7 Å². The monoisotopic (exact) mass is 509 g/mol. The molecule has 1 N–H and O–H groups in total. The predicted molar refractivity (Wildman–Crippen MR) is 144 cm³/mol. The average molecular weight is 510 g/mol. The standard InChI is InChI=1S/C29H35NO7/c1-7-30(8-2)29(33)19-22(23(31)13-9-20-11-15-25(34-3)27(17-20)36-5)24(32)14-10-21-12-16-26(35-4)28(18-21)37-6/h9-18,31H,7-8,19H2,1-6H3/b13-9+,14-10+,23-22-. The highest BCUT2D eigenvalue weighted by Gasteiger charge is 2.19. The van der Waals surface area contributed by atoms with Crippen LogP contribution in [0.1, 0.15) is 31.4 Å². The number of ether oxygens (including phenoxy) is 4. The molecule has 37 heavy (non-hydrogen) atoms. The molecule has 0 aliphatic heterocycles. The van der Waals surface area contributed by atoms with Crippen LogP contribution in [0.2, 0.25) is 0 Å². The van der Waals surface area contributed by atoms with E-state index in [1.165, 1.54) is 26.4 Å². The Morgan fingerprint density at radius 1 is 0.757 bits per heavy atom. The van der Waals surface area contributed by atoms with Crippen molar-refractivity contribution in [2.24, 2.45) is 0 Å². The summed E-state index contributed by atoms with van der Waals surface area (Å²) in [6.07, 6.45) is 5.71. The molecule has 0 heterocycles. The summed E-state index contributed by atoms with van der Waals surface area (Å²) in [5, 5.41) is 10.9. The molecule has 0 aliphatic rings. The zero-order valence-corrected chi connectivity index (χ0v) is 22.2. The molecule has 0 aliphatic carbocycles. The third-order valence-corrected chi connectivity index (χ3v) is 5.73. The van der Waals surface area contributed by atoms with Crippen LogP contribution < -0.4 is 18.9 Å². The molecule has 0 aromatic heterocycles. The number of nitrogens with zero attached hydrogens (tertiary/aromatic N) is 1. The Morgan fingerprint density at radius 3 is 1.65 bits per heavy atom. The summed E-state index contributed by atoms with van der Waals surface area (Å²) in [4.78, 5) is 27.6. The van der Waals surface area contributed by atoms with E-state index in [4.69, 9.17) is 18.9 Å². The number of ketones is 1. The van der Waals surface area contributed by atoms with E-state index in [1.807, 2.05) is 13.8 Å². The van der Waals surface area contributed by atoms with Gasteiger partial charge in [0.2, 0.25) is 5.91 Å². The zero-order chi connectivity index (χ0) is 27.4. The van der Waals surface area contributed by atoms with Crippen LogP contribution in [0.3, 0.4) is 0 Å². The molecule has 0 saturated heterocycles. The number of aliphatic hydroxyl groups is 1. The molecule has 0 unspecified atom stereocenters. The van der Waals surface area contributed by atoms with Gasteiger partial charge in [-0.2, -0.15) is 0 Å². The van der Waals surface area contributed by atoms with Gasteiger partial charge in [0.1, 0.15) is 5.76 Å². The lowest BCUT2D eigenvalue weighted by atomic mass is 10.0. The summed E-state index contributed by atoms with van der Waals surface area (Å²) in [6.45, 7) is 4.72. The lowest BCUT2D eigenvalue weighted by molar-refractivity contribution is -0.130. The number of aliphatic hydroxyl groups excluding tert-OH is 1. The minimum Gasteiger partial charge on any atom is -0.508 e. The summed E-state index contributed by atoms with van der Waals surface area (Å²) in [7, 11) is 6.14. The normalized spacial score (nSPS) is 11.8. The first-order valence-corrected chi connectivity index (χ1v) is 11.9. The summed E-state index contributed by atoms with van der Waals surface area (Å²) in [6, 6.07) is 10.5. The number of benzene rings is 2. The largest absolute Gasteiger partial charge is 0.508 e. The Bertz CT molecular complexity index is 1180. The number of methoxy groups -OCH3 is 4. The highest BCUT2D eigenvalue weighted by Crippen LogP contribution is 2.29. The molecule has 1 amide bonds. The predicted octanol–water partition coefficient (Wildman–Crippen LogP) is 5.09. The summed E-state index contributed by atoms with van der Waals surface area (Å²) >= 11 is 0. The number of rotatable bonds is 13. The Balaban J connectivity index is 2.41. The fraction of sp³-hybridized carbons (Fsp3) is 0.310. The average Bonchev–Trinajstić information content (AvgIpc) is 2.93. The fourth-order valence-electron chi connectivity index (χ4n) is 3.60. The van der Waals surface area contributed by atoms with Crippen LogP contribution in [0.5, 0.6) is 23.0 Å². The summed E-state index contributed by atoms with van der Waals surface area (Å²) in [5.74, 6) is 1.15. The van der Waals surface area contributed by atoms with E-state index >= 15 is 0 Å². The molecule has 2 rings (SSSR count). The first kappa shape index (κ1) is 29.0. The molecule has 8 nitrogen and oxygen atoms in total. The fourth-order valence-corrected chi connectivity index (χ4v) is 3.60. The van der Waals surface area contributed by atoms with Crippen molar-refractivity contribution in [3.05, 3.63) is 71.0 Å². The van der Waals surface area contributed by atoms with Gasteiger partial charge in [0.15, 0.2) is 28.8 Å². The van der Waals surface area contributed by atoms with Gasteiger partial charge in [0, 0.05) is 13.1 Å². The molecule has 0 radical (unpaired) electrons. The molecule has 0 spiro atoms. The molecule has 2 aromatic carbocycles. The second-order valence-electron chi connectivity index (χ2n) is 7.87. The van der Waals surface area contributed by atoms with E-state index in [2.05, 4.69) is 0 Å². The van der Waals surface area contributed by atoms with E-state index in [0.29, 0.717) is 47.2 Å². The lowest BCUT2D eigenvalue weighted by Gasteiger charge is -2.19. The summed E-state index contributed by atoms with van der Waals surface area (Å²) in [5.41, 5.74) is 1.40. The first-order valence-electron chi connectivity index (χ1n) is 11.9. The SMILES string of the molecule is CCN(CC)C(=O)C/C(C(=O)/C=C/c1ccc(OC)c(OC)c1)=C(O)\C=C\c1ccc(OC)c(OC)c1. The highest BCUT2D eigenvalue weighted by molar-refractivity contribution is 6.09. The lowest BCUT2D eigenvalue weighted by Crippen LogP contribution is -2.31. The van der Waals surface area contributed by atoms with Crippen molar-refractivity contribution >= 4 is 23.8 Å². The van der Waals surface area contributed by atoms with Crippen LogP contribution in [-0.2, 0) is 9.59 Å². The minimum atomic E-state index is -0.482. The zero-order valence-electron chi connectivity index (χ0n) is 22.2. The molecule has 0 bridgehead atoms. The van der Waals surface area contributed by atoms with Crippen molar-refractivity contribution in [3.63, 3.8) is 0 Å². The molecular formula is C29H35NO7. The third kappa shape index (κ3) is 7.90. The first-order chi connectivity index (χ1) is 17.8. The van der Waals surface area contributed by atoms with Gasteiger partial charge in [-0.1, -0.05) is 24.3 Å². The second-order valence-corrected chi connectivity index (χ2v) is 7.87. The topological polar surface area (TPSA) is 94.5 Å². The minimum absolute atomic E-state index is 0.00893. The second kappa shape index (κ2) is 14.4. The van der Waals surface area contributed by atoms with Gasteiger partial charge in [-0.15, -0.1) is 0 Å². The Kier molecular flexibility index (Phi) is 11.3. The highest BCUT2D eigenvalue weighted by atomic mass is 16.5. The molecule has 0 saturated carbocycles. The van der Waals surface area contributed by atoms with Crippen LogP contribution >= 0.6 is 0 Å². The van der Waals surface area contributed by atoms with Crippen molar-refractivity contribution < 1.29 is 33.6 Å². The van der Waals surface area contributed by atoms with Gasteiger partial charge in [-0.05, 0) is 61.4 Å². The molecule has 198 valence electrons. The summed E-state index contributed by atoms with van der Waals surface area (Å²) < 4.78 is 21.1. The van der Waals surface area contributed by atoms with E-state index in [0.717, 1.165) is 0 Å². The van der Waals surface area contributed by atoms with Crippen LogP contribution in [-0.4, -0.2) is 63.2 Å². The van der Waals surface area contributed by atoms with Gasteiger partial charge in [-0.25, -0.2) is 0 Å². The Morgan fingerprint density at radius 2 is 1.22 bits per heavy atom. The molecule has 8 heteroatoms. The maximum atomic E-state index is 13.2. The number of carbonyl (C=O) groups is 2. The van der Waals surface area contributed by atoms with Gasteiger partial charge >= 0.3 is 0 Å². The molecule has 2 aromatic rings. The number of amides is 1. The van der Waals surface area contributed by atoms with Crippen molar-refractivity contribution in [1.29, 1.82) is 0 Å². The Hall–Kier alpha value is -4.20. The smallest absolute Gasteiger partial charge is 0.227 e. The van der Waals surface area contributed by atoms with Gasteiger partial charge in [0.25, 0.3) is 0 Å². The van der Waals surface area contributed by atoms with Crippen LogP contribution in [0.25, 0.3) is 12.2 Å². The third-order valence-electron chi connectivity index (χ3n) is 5.73. The van der Waals surface area contributed by atoms with Gasteiger partial charge in [-0.3, -0.25) is 9.59 Å². The van der Waals surface area contributed by atoms with Crippen LogP contribution in [0.4, 0.5) is 0 Å². The quantitative estimate of drug-likeness (QED) is 0.228. The number of hydrogen-bond acceptors (Lipinski definition) is 7. The van der Waals surface area contributed by atoms with Crippen molar-refractivity contribution in [2.75, 3.05) is 41.5 Å². The van der Waals surface area contributed by atoms with Crippen LogP contribution in [0, 0.1) is 0 Å². The maximum Gasteiger partial charge on any atom is 0.227 e. The number of allylic oxidation sites excluding steroid dienone is 2. The van der Waals surface area contributed by atoms with E-state index in [9.17, 15) is 14.7 Å². The maximum absolute atomic E-state index is 13.2. The molecule has 0 atom stereocenters. The number of hydrogen-bond donors (Lipinski definition) is 1. The van der Waals surface area contributed by atoms with Crippen molar-refractivity contribution in [2.45, 2.75) is 20.3 Å². The molecular weight excluding hydrogens is 474 g/mol.